The number of aromatic nitrogens is 1. The Morgan fingerprint density at radius 1 is 1.19 bits per heavy atom. The number of nitrogens with one attached hydrogen (secondary N) is 2. The molecule has 7 heteroatoms. The molecule has 0 atom stereocenters. The van der Waals surface area contributed by atoms with Crippen LogP contribution in [-0.4, -0.2) is 43.7 Å². The van der Waals surface area contributed by atoms with Crippen molar-refractivity contribution < 1.29 is 19.1 Å². The molecule has 26 heavy (non-hydrogen) atoms. The highest BCUT2D eigenvalue weighted by Crippen LogP contribution is 2.21. The van der Waals surface area contributed by atoms with E-state index in [1.54, 1.807) is 50.6 Å². The third kappa shape index (κ3) is 5.56. The standard InChI is InChI=1S/C19H23N3O4/c1-3-26-19(24)15-7-4-5-8-16(15)22-14-9-11-20-17(13-14)18(23)21-10-6-12-25-2/h4-5,7-9,11,13H,3,6,10,12H2,1-2H3,(H,20,22)(H,21,23). The summed E-state index contributed by atoms with van der Waals surface area (Å²) in [6.45, 7) is 3.15. The minimum absolute atomic E-state index is 0.261. The van der Waals surface area contributed by atoms with Gasteiger partial charge in [-0.25, -0.2) is 4.79 Å². The molecule has 0 aliphatic rings. The summed E-state index contributed by atoms with van der Waals surface area (Å²) >= 11 is 0. The van der Waals surface area contributed by atoms with Crippen molar-refractivity contribution in [1.29, 1.82) is 0 Å². The molecule has 0 aliphatic carbocycles. The zero-order valence-electron chi connectivity index (χ0n) is 15.0. The average molecular weight is 357 g/mol. The minimum Gasteiger partial charge on any atom is -0.462 e. The number of methoxy groups -OCH3 is 1. The van der Waals surface area contributed by atoms with Crippen molar-refractivity contribution in [2.75, 3.05) is 32.2 Å². The van der Waals surface area contributed by atoms with Gasteiger partial charge in [0.1, 0.15) is 5.69 Å². The second-order valence-corrected chi connectivity index (χ2v) is 5.42. The number of rotatable bonds is 9. The molecule has 1 aromatic heterocycles. The van der Waals surface area contributed by atoms with E-state index in [0.717, 1.165) is 6.42 Å². The van der Waals surface area contributed by atoms with Gasteiger partial charge >= 0.3 is 5.97 Å². The van der Waals surface area contributed by atoms with Gasteiger partial charge in [0.25, 0.3) is 5.91 Å². The molecule has 0 fully saturated rings. The Morgan fingerprint density at radius 2 is 2.00 bits per heavy atom. The number of hydrogen-bond acceptors (Lipinski definition) is 6. The Morgan fingerprint density at radius 3 is 2.77 bits per heavy atom. The van der Waals surface area contributed by atoms with Crippen LogP contribution in [0.4, 0.5) is 11.4 Å². The summed E-state index contributed by atoms with van der Waals surface area (Å²) in [5, 5.41) is 5.93. The number of nitrogens with zero attached hydrogens (tertiary/aromatic N) is 1. The molecule has 0 bridgehead atoms. The molecule has 0 unspecified atom stereocenters. The molecule has 2 N–H and O–H groups in total. The molecule has 0 radical (unpaired) electrons. The van der Waals surface area contributed by atoms with Crippen LogP contribution in [0.5, 0.6) is 0 Å². The number of amides is 1. The van der Waals surface area contributed by atoms with Gasteiger partial charge in [0.05, 0.1) is 17.9 Å². The fourth-order valence-electron chi connectivity index (χ4n) is 2.28. The topological polar surface area (TPSA) is 89.5 Å². The van der Waals surface area contributed by atoms with Gasteiger partial charge in [-0.05, 0) is 37.6 Å². The maximum absolute atomic E-state index is 12.2. The maximum atomic E-state index is 12.2. The maximum Gasteiger partial charge on any atom is 0.340 e. The Hall–Kier alpha value is -2.93. The van der Waals surface area contributed by atoms with Crippen LogP contribution in [0.15, 0.2) is 42.6 Å². The second-order valence-electron chi connectivity index (χ2n) is 5.42. The fraction of sp³-hybridized carbons (Fsp3) is 0.316. The van der Waals surface area contributed by atoms with Gasteiger partial charge in [-0.1, -0.05) is 12.1 Å². The van der Waals surface area contributed by atoms with Gasteiger partial charge in [-0.15, -0.1) is 0 Å². The molecule has 1 heterocycles. The number of ether oxygens (including phenoxy) is 2. The summed E-state index contributed by atoms with van der Waals surface area (Å²) in [6.07, 6.45) is 2.27. The van der Waals surface area contributed by atoms with Crippen molar-refractivity contribution in [3.05, 3.63) is 53.9 Å². The van der Waals surface area contributed by atoms with E-state index in [1.807, 2.05) is 6.07 Å². The first-order valence-corrected chi connectivity index (χ1v) is 8.42. The van der Waals surface area contributed by atoms with Gasteiger partial charge in [-0.3, -0.25) is 9.78 Å². The summed E-state index contributed by atoms with van der Waals surface area (Å²) in [5.74, 6) is -0.663. The third-order valence-electron chi connectivity index (χ3n) is 3.50. The molecular formula is C19H23N3O4. The molecule has 2 aromatic rings. The zero-order chi connectivity index (χ0) is 18.8. The van der Waals surface area contributed by atoms with E-state index in [-0.39, 0.29) is 5.91 Å². The monoisotopic (exact) mass is 357 g/mol. The summed E-state index contributed by atoms with van der Waals surface area (Å²) in [7, 11) is 1.62. The molecule has 138 valence electrons. The van der Waals surface area contributed by atoms with Crippen LogP contribution in [0.3, 0.4) is 0 Å². The predicted octanol–water partition coefficient (Wildman–Crippen LogP) is 2.77. The molecule has 2 rings (SSSR count). The quantitative estimate of drug-likeness (QED) is 0.530. The highest BCUT2D eigenvalue weighted by atomic mass is 16.5. The van der Waals surface area contributed by atoms with E-state index in [4.69, 9.17) is 9.47 Å². The Kier molecular flexibility index (Phi) is 7.57. The van der Waals surface area contributed by atoms with E-state index in [1.165, 1.54) is 0 Å². The molecule has 0 saturated carbocycles. The van der Waals surface area contributed by atoms with Crippen LogP contribution in [-0.2, 0) is 9.47 Å². The second kappa shape index (κ2) is 10.1. The van der Waals surface area contributed by atoms with Crippen molar-refractivity contribution in [3.8, 4) is 0 Å². The predicted molar refractivity (Wildman–Crippen MR) is 98.7 cm³/mol. The van der Waals surface area contributed by atoms with E-state index in [9.17, 15) is 9.59 Å². The molecule has 0 spiro atoms. The van der Waals surface area contributed by atoms with Crippen molar-refractivity contribution in [3.63, 3.8) is 0 Å². The Bertz CT molecular complexity index is 749. The summed E-state index contributed by atoms with van der Waals surface area (Å²) in [4.78, 5) is 28.3. The number of para-hydroxylation sites is 1. The minimum atomic E-state index is -0.402. The normalized spacial score (nSPS) is 10.2. The first kappa shape index (κ1) is 19.4. The first-order valence-electron chi connectivity index (χ1n) is 8.42. The van der Waals surface area contributed by atoms with E-state index < -0.39 is 5.97 Å². The zero-order valence-corrected chi connectivity index (χ0v) is 15.0. The Labute approximate surface area is 152 Å². The number of pyridine rings is 1. The number of carbonyl (C=O) groups is 2. The summed E-state index contributed by atoms with van der Waals surface area (Å²) in [5.41, 5.74) is 1.97. The molecule has 1 aromatic carbocycles. The summed E-state index contributed by atoms with van der Waals surface area (Å²) in [6, 6.07) is 10.4. The third-order valence-corrected chi connectivity index (χ3v) is 3.50. The van der Waals surface area contributed by atoms with Crippen molar-refractivity contribution >= 4 is 23.3 Å². The smallest absolute Gasteiger partial charge is 0.340 e. The van der Waals surface area contributed by atoms with Crippen LogP contribution in [0.2, 0.25) is 0 Å². The molecule has 0 aliphatic heterocycles. The van der Waals surface area contributed by atoms with Crippen molar-refractivity contribution in [1.82, 2.24) is 10.3 Å². The van der Waals surface area contributed by atoms with E-state index in [0.29, 0.717) is 42.4 Å². The lowest BCUT2D eigenvalue weighted by Gasteiger charge is -2.12. The molecule has 7 nitrogen and oxygen atoms in total. The number of carbonyl (C=O) groups excluding carboxylic acids is 2. The lowest BCUT2D eigenvalue weighted by molar-refractivity contribution is 0.0527. The SMILES string of the molecule is CCOC(=O)c1ccccc1Nc1ccnc(C(=O)NCCCOC)c1. The number of hydrogen-bond donors (Lipinski definition) is 2. The van der Waals surface area contributed by atoms with Crippen molar-refractivity contribution in [2.45, 2.75) is 13.3 Å². The molecular weight excluding hydrogens is 334 g/mol. The van der Waals surface area contributed by atoms with Crippen LogP contribution >= 0.6 is 0 Å². The van der Waals surface area contributed by atoms with Gasteiger partial charge in [0.15, 0.2) is 0 Å². The first-order chi connectivity index (χ1) is 12.7. The average Bonchev–Trinajstić information content (AvgIpc) is 2.66. The van der Waals surface area contributed by atoms with Crippen LogP contribution in [0.1, 0.15) is 34.2 Å². The lowest BCUT2D eigenvalue weighted by Crippen LogP contribution is -2.26. The largest absolute Gasteiger partial charge is 0.462 e. The number of anilines is 2. The lowest BCUT2D eigenvalue weighted by atomic mass is 10.1. The number of benzene rings is 1. The van der Waals surface area contributed by atoms with E-state index >= 15 is 0 Å². The van der Waals surface area contributed by atoms with Gasteiger partial charge in [0.2, 0.25) is 0 Å². The van der Waals surface area contributed by atoms with E-state index in [2.05, 4.69) is 15.6 Å². The number of esters is 1. The van der Waals surface area contributed by atoms with Crippen LogP contribution in [0, 0.1) is 0 Å². The highest BCUT2D eigenvalue weighted by molar-refractivity contribution is 5.97. The Balaban J connectivity index is 2.09. The van der Waals surface area contributed by atoms with Crippen LogP contribution in [0.25, 0.3) is 0 Å². The van der Waals surface area contributed by atoms with Gasteiger partial charge < -0.3 is 20.1 Å². The van der Waals surface area contributed by atoms with Gasteiger partial charge in [-0.2, -0.15) is 0 Å². The van der Waals surface area contributed by atoms with Crippen LogP contribution < -0.4 is 10.6 Å². The molecule has 0 saturated heterocycles. The fourth-order valence-corrected chi connectivity index (χ4v) is 2.28. The van der Waals surface area contributed by atoms with Crippen molar-refractivity contribution in [2.24, 2.45) is 0 Å². The molecule has 1 amide bonds. The van der Waals surface area contributed by atoms with Gasteiger partial charge in [0, 0.05) is 32.1 Å². The summed E-state index contributed by atoms with van der Waals surface area (Å²) < 4.78 is 10.0. The highest BCUT2D eigenvalue weighted by Gasteiger charge is 2.13.